The summed E-state index contributed by atoms with van der Waals surface area (Å²) < 4.78 is 5.71. The number of aryl methyl sites for hydroxylation is 2. The van der Waals surface area contributed by atoms with Gasteiger partial charge in [0, 0.05) is 5.56 Å². The molecule has 2 aliphatic rings. The number of hydrogen-bond acceptors (Lipinski definition) is 5. The quantitative estimate of drug-likeness (QED) is 0.918. The highest BCUT2D eigenvalue weighted by Crippen LogP contribution is 2.46. The van der Waals surface area contributed by atoms with Gasteiger partial charge in [-0.15, -0.1) is 0 Å². The molecule has 1 atom stereocenters. The number of fused-ring (bicyclic) bond motifs is 2. The second-order valence-electron chi connectivity index (χ2n) is 6.19. The van der Waals surface area contributed by atoms with Crippen LogP contribution >= 0.6 is 0 Å². The summed E-state index contributed by atoms with van der Waals surface area (Å²) >= 11 is 0. The van der Waals surface area contributed by atoms with E-state index in [9.17, 15) is 4.79 Å². The minimum atomic E-state index is -1.07. The summed E-state index contributed by atoms with van der Waals surface area (Å²) in [5.74, 6) is -0.144. The van der Waals surface area contributed by atoms with E-state index in [0.717, 1.165) is 12.8 Å². The minimum absolute atomic E-state index is 0.0245. The average molecular weight is 324 g/mol. The summed E-state index contributed by atoms with van der Waals surface area (Å²) in [6.07, 6.45) is 3.78. The van der Waals surface area contributed by atoms with Crippen LogP contribution in [-0.4, -0.2) is 22.0 Å². The van der Waals surface area contributed by atoms with Crippen LogP contribution in [-0.2, 0) is 16.9 Å². The van der Waals surface area contributed by atoms with Gasteiger partial charge in [0.25, 0.3) is 0 Å². The van der Waals surface area contributed by atoms with Gasteiger partial charge in [-0.05, 0) is 37.5 Å². The summed E-state index contributed by atoms with van der Waals surface area (Å²) in [6, 6.07) is 9.36. The smallest absolute Gasteiger partial charge is 0.354 e. The van der Waals surface area contributed by atoms with Crippen LogP contribution in [0.25, 0.3) is 0 Å². The van der Waals surface area contributed by atoms with Gasteiger partial charge in [0.15, 0.2) is 5.60 Å². The SMILES string of the molecule is Cc1ccc2c(c1)CC[C@]21CC(Oc2ccc(C(=O)O)nc2)=NO1. The van der Waals surface area contributed by atoms with Crippen molar-refractivity contribution in [2.45, 2.75) is 31.8 Å². The zero-order valence-corrected chi connectivity index (χ0v) is 13.2. The van der Waals surface area contributed by atoms with Gasteiger partial charge in [0.05, 0.1) is 12.6 Å². The van der Waals surface area contributed by atoms with E-state index in [1.54, 1.807) is 6.07 Å². The summed E-state index contributed by atoms with van der Waals surface area (Å²) in [7, 11) is 0. The van der Waals surface area contributed by atoms with Crippen LogP contribution in [0.1, 0.15) is 40.0 Å². The first-order valence-electron chi connectivity index (χ1n) is 7.78. The number of nitrogens with zero attached hydrogens (tertiary/aromatic N) is 2. The lowest BCUT2D eigenvalue weighted by molar-refractivity contribution is -0.0215. The third kappa shape index (κ3) is 2.40. The Morgan fingerprint density at radius 1 is 1.33 bits per heavy atom. The van der Waals surface area contributed by atoms with Crippen LogP contribution in [0.2, 0.25) is 0 Å². The Hall–Kier alpha value is -2.89. The number of pyridine rings is 1. The normalized spacial score (nSPS) is 21.3. The largest absolute Gasteiger partial charge is 0.477 e. The van der Waals surface area contributed by atoms with Gasteiger partial charge >= 0.3 is 5.97 Å². The molecule has 0 fully saturated rings. The molecule has 1 spiro atoms. The third-order valence-electron chi connectivity index (χ3n) is 4.50. The van der Waals surface area contributed by atoms with Crippen molar-refractivity contribution in [1.29, 1.82) is 0 Å². The number of carbonyl (C=O) groups is 1. The lowest BCUT2D eigenvalue weighted by Gasteiger charge is -2.21. The Kier molecular flexibility index (Phi) is 3.26. The molecule has 2 aromatic rings. The average Bonchev–Trinajstić information content (AvgIpc) is 3.13. The summed E-state index contributed by atoms with van der Waals surface area (Å²) in [5.41, 5.74) is 3.26. The van der Waals surface area contributed by atoms with Gasteiger partial charge in [-0.2, -0.15) is 0 Å². The Bertz CT molecular complexity index is 845. The molecular formula is C18H16N2O4. The number of carboxylic acids is 1. The van der Waals surface area contributed by atoms with Crippen molar-refractivity contribution in [3.63, 3.8) is 0 Å². The highest BCUT2D eigenvalue weighted by atomic mass is 16.7. The topological polar surface area (TPSA) is 81.0 Å². The lowest BCUT2D eigenvalue weighted by Crippen LogP contribution is -2.24. The molecule has 4 rings (SSSR count). The van der Waals surface area contributed by atoms with Crippen LogP contribution in [0.4, 0.5) is 0 Å². The van der Waals surface area contributed by atoms with Crippen molar-refractivity contribution in [3.05, 3.63) is 58.9 Å². The number of rotatable bonds is 2. The molecule has 1 aromatic heterocycles. The van der Waals surface area contributed by atoms with E-state index in [1.807, 2.05) is 0 Å². The maximum Gasteiger partial charge on any atom is 0.354 e. The first-order chi connectivity index (χ1) is 11.6. The number of oxime groups is 1. The van der Waals surface area contributed by atoms with E-state index in [4.69, 9.17) is 14.7 Å². The highest BCUT2D eigenvalue weighted by Gasteiger charge is 2.46. The molecule has 0 bridgehead atoms. The standard InChI is InChI=1S/C18H16N2O4/c1-11-2-4-14-12(8-11)6-7-18(14)9-16(20-24-18)23-13-3-5-15(17(21)22)19-10-13/h2-5,8,10H,6-7,9H2,1H3,(H,21,22)/t18-/m0/s1. The van der Waals surface area contributed by atoms with Crippen molar-refractivity contribution in [1.82, 2.24) is 4.98 Å². The fraction of sp³-hybridized carbons (Fsp3) is 0.278. The maximum absolute atomic E-state index is 10.8. The molecule has 0 saturated carbocycles. The van der Waals surface area contributed by atoms with Crippen molar-refractivity contribution in [2.75, 3.05) is 0 Å². The van der Waals surface area contributed by atoms with Gasteiger partial charge < -0.3 is 14.7 Å². The summed E-state index contributed by atoms with van der Waals surface area (Å²) in [6.45, 7) is 2.08. The molecule has 24 heavy (non-hydrogen) atoms. The molecule has 1 aromatic carbocycles. The van der Waals surface area contributed by atoms with Gasteiger partial charge in [-0.25, -0.2) is 9.78 Å². The van der Waals surface area contributed by atoms with E-state index in [0.29, 0.717) is 18.1 Å². The zero-order chi connectivity index (χ0) is 16.7. The maximum atomic E-state index is 10.8. The first-order valence-corrected chi connectivity index (χ1v) is 7.78. The van der Waals surface area contributed by atoms with Crippen LogP contribution < -0.4 is 4.74 Å². The van der Waals surface area contributed by atoms with Gasteiger partial charge in [0.2, 0.25) is 5.90 Å². The van der Waals surface area contributed by atoms with E-state index in [-0.39, 0.29) is 5.69 Å². The highest BCUT2D eigenvalue weighted by molar-refractivity contribution is 5.85. The van der Waals surface area contributed by atoms with Crippen LogP contribution in [0.3, 0.4) is 0 Å². The molecule has 2 heterocycles. The van der Waals surface area contributed by atoms with Crippen molar-refractivity contribution in [3.8, 4) is 5.75 Å². The third-order valence-corrected chi connectivity index (χ3v) is 4.50. The monoisotopic (exact) mass is 324 g/mol. The molecule has 1 aliphatic heterocycles. The number of hydrogen-bond donors (Lipinski definition) is 1. The Labute approximate surface area is 138 Å². The zero-order valence-electron chi connectivity index (χ0n) is 13.2. The Morgan fingerprint density at radius 2 is 2.21 bits per heavy atom. The van der Waals surface area contributed by atoms with E-state index in [2.05, 4.69) is 35.3 Å². The Balaban J connectivity index is 1.50. The van der Waals surface area contributed by atoms with Gasteiger partial charge in [0.1, 0.15) is 11.4 Å². The number of carboxylic acid groups (broad SMARTS) is 1. The molecule has 0 radical (unpaired) electrons. The number of aromatic carboxylic acids is 1. The molecule has 0 saturated heterocycles. The second-order valence-corrected chi connectivity index (χ2v) is 6.19. The molecular weight excluding hydrogens is 308 g/mol. The molecule has 6 heteroatoms. The summed E-state index contributed by atoms with van der Waals surface area (Å²) in [4.78, 5) is 20.4. The van der Waals surface area contributed by atoms with Crippen molar-refractivity contribution < 1.29 is 19.5 Å². The molecule has 1 N–H and O–H groups in total. The van der Waals surface area contributed by atoms with Crippen molar-refractivity contribution >= 4 is 11.9 Å². The number of benzene rings is 1. The fourth-order valence-electron chi connectivity index (χ4n) is 3.33. The Morgan fingerprint density at radius 3 is 2.96 bits per heavy atom. The van der Waals surface area contributed by atoms with E-state index >= 15 is 0 Å². The predicted octanol–water partition coefficient (Wildman–Crippen LogP) is 3.04. The number of aromatic nitrogens is 1. The molecule has 0 unspecified atom stereocenters. The minimum Gasteiger partial charge on any atom is -0.477 e. The molecule has 122 valence electrons. The lowest BCUT2D eigenvalue weighted by atomic mass is 9.92. The van der Waals surface area contributed by atoms with Crippen LogP contribution in [0.15, 0.2) is 41.7 Å². The van der Waals surface area contributed by atoms with Crippen LogP contribution in [0.5, 0.6) is 5.75 Å². The summed E-state index contributed by atoms with van der Waals surface area (Å²) in [5, 5.41) is 13.0. The first kappa shape index (κ1) is 14.7. The fourth-order valence-corrected chi connectivity index (χ4v) is 3.33. The number of ether oxygens (including phenoxy) is 1. The van der Waals surface area contributed by atoms with Crippen LogP contribution in [0, 0.1) is 6.92 Å². The molecule has 1 aliphatic carbocycles. The molecule has 6 nitrogen and oxygen atoms in total. The van der Waals surface area contributed by atoms with Gasteiger partial charge in [-0.3, -0.25) is 0 Å². The van der Waals surface area contributed by atoms with E-state index < -0.39 is 11.6 Å². The second kappa shape index (κ2) is 5.33. The predicted molar refractivity (Wildman–Crippen MR) is 86.1 cm³/mol. The molecule has 0 amide bonds. The van der Waals surface area contributed by atoms with E-state index in [1.165, 1.54) is 29.0 Å². The van der Waals surface area contributed by atoms with Crippen molar-refractivity contribution in [2.24, 2.45) is 5.16 Å². The van der Waals surface area contributed by atoms with Gasteiger partial charge in [-0.1, -0.05) is 28.9 Å².